The SMILES string of the molecule is CC(Nc1ccnc(C(=O)Nc2ccc3c(c2)OCCO3)c1)c1ccccc1. The Kier molecular flexibility index (Phi) is 5.10. The Balaban J connectivity index is 1.45. The highest BCUT2D eigenvalue weighted by Gasteiger charge is 2.14. The van der Waals surface area contributed by atoms with Gasteiger partial charge in [0.25, 0.3) is 5.91 Å². The van der Waals surface area contributed by atoms with Crippen LogP contribution < -0.4 is 20.1 Å². The molecule has 1 unspecified atom stereocenters. The van der Waals surface area contributed by atoms with Crippen LogP contribution in [0.4, 0.5) is 11.4 Å². The summed E-state index contributed by atoms with van der Waals surface area (Å²) in [6, 6.07) is 19.2. The van der Waals surface area contributed by atoms with Crippen LogP contribution in [0.1, 0.15) is 29.0 Å². The summed E-state index contributed by atoms with van der Waals surface area (Å²) in [5.74, 6) is 1.03. The molecular weight excluding hydrogens is 354 g/mol. The van der Waals surface area contributed by atoms with Gasteiger partial charge in [-0.3, -0.25) is 9.78 Å². The maximum absolute atomic E-state index is 12.6. The fourth-order valence-electron chi connectivity index (χ4n) is 3.04. The molecule has 1 amide bonds. The van der Waals surface area contributed by atoms with E-state index < -0.39 is 0 Å². The summed E-state index contributed by atoms with van der Waals surface area (Å²) in [5.41, 5.74) is 2.97. The van der Waals surface area contributed by atoms with Crippen molar-refractivity contribution in [1.82, 2.24) is 4.98 Å². The molecule has 0 fully saturated rings. The average Bonchev–Trinajstić information content (AvgIpc) is 2.74. The van der Waals surface area contributed by atoms with E-state index in [1.165, 1.54) is 5.56 Å². The van der Waals surface area contributed by atoms with E-state index >= 15 is 0 Å². The minimum absolute atomic E-state index is 0.109. The second-order valence-electron chi connectivity index (χ2n) is 6.52. The summed E-state index contributed by atoms with van der Waals surface area (Å²) in [6.45, 7) is 3.10. The van der Waals surface area contributed by atoms with E-state index in [-0.39, 0.29) is 11.9 Å². The maximum Gasteiger partial charge on any atom is 0.274 e. The monoisotopic (exact) mass is 375 g/mol. The number of aromatic nitrogens is 1. The Morgan fingerprint density at radius 3 is 2.57 bits per heavy atom. The smallest absolute Gasteiger partial charge is 0.274 e. The Bertz CT molecular complexity index is 976. The lowest BCUT2D eigenvalue weighted by molar-refractivity contribution is 0.102. The molecule has 0 saturated carbocycles. The molecule has 2 N–H and O–H groups in total. The number of carbonyl (C=O) groups excluding carboxylic acids is 1. The predicted molar refractivity (Wildman–Crippen MR) is 108 cm³/mol. The quantitative estimate of drug-likeness (QED) is 0.696. The molecule has 28 heavy (non-hydrogen) atoms. The number of amides is 1. The van der Waals surface area contributed by atoms with Crippen molar-refractivity contribution in [2.24, 2.45) is 0 Å². The summed E-state index contributed by atoms with van der Waals surface area (Å²) < 4.78 is 11.1. The van der Waals surface area contributed by atoms with E-state index in [0.29, 0.717) is 36.1 Å². The van der Waals surface area contributed by atoms with E-state index in [1.807, 2.05) is 24.3 Å². The van der Waals surface area contributed by atoms with Crippen molar-refractivity contribution in [2.75, 3.05) is 23.8 Å². The van der Waals surface area contributed by atoms with Crippen LogP contribution in [-0.4, -0.2) is 24.1 Å². The molecule has 0 saturated heterocycles. The second-order valence-corrected chi connectivity index (χ2v) is 6.52. The Labute approximate surface area is 163 Å². The number of nitrogens with zero attached hydrogens (tertiary/aromatic N) is 1. The molecule has 0 bridgehead atoms. The van der Waals surface area contributed by atoms with Gasteiger partial charge in [0.05, 0.1) is 0 Å². The molecule has 142 valence electrons. The lowest BCUT2D eigenvalue weighted by Crippen LogP contribution is -2.17. The van der Waals surface area contributed by atoms with Gasteiger partial charge in [-0.15, -0.1) is 0 Å². The minimum Gasteiger partial charge on any atom is -0.486 e. The Hall–Kier alpha value is -3.54. The topological polar surface area (TPSA) is 72.5 Å². The van der Waals surface area contributed by atoms with Crippen molar-refractivity contribution >= 4 is 17.3 Å². The van der Waals surface area contributed by atoms with Gasteiger partial charge in [-0.1, -0.05) is 30.3 Å². The molecule has 0 aliphatic carbocycles. The Morgan fingerprint density at radius 2 is 1.75 bits per heavy atom. The molecule has 1 aromatic heterocycles. The van der Waals surface area contributed by atoms with Crippen LogP contribution in [0.15, 0.2) is 66.9 Å². The van der Waals surface area contributed by atoms with Crippen LogP contribution >= 0.6 is 0 Å². The number of benzene rings is 2. The molecule has 0 radical (unpaired) electrons. The number of ether oxygens (including phenoxy) is 2. The zero-order valence-electron chi connectivity index (χ0n) is 15.5. The maximum atomic E-state index is 12.6. The van der Waals surface area contributed by atoms with Crippen LogP contribution in [0.2, 0.25) is 0 Å². The first-order valence-corrected chi connectivity index (χ1v) is 9.17. The molecular formula is C22H21N3O3. The van der Waals surface area contributed by atoms with Gasteiger partial charge in [-0.2, -0.15) is 0 Å². The van der Waals surface area contributed by atoms with Crippen molar-refractivity contribution in [2.45, 2.75) is 13.0 Å². The van der Waals surface area contributed by atoms with Crippen molar-refractivity contribution in [1.29, 1.82) is 0 Å². The first kappa shape index (κ1) is 17.9. The van der Waals surface area contributed by atoms with E-state index in [0.717, 1.165) is 5.69 Å². The largest absolute Gasteiger partial charge is 0.486 e. The number of hydrogen-bond donors (Lipinski definition) is 2. The van der Waals surface area contributed by atoms with E-state index in [9.17, 15) is 4.79 Å². The van der Waals surface area contributed by atoms with Crippen LogP contribution in [0, 0.1) is 0 Å². The van der Waals surface area contributed by atoms with Crippen molar-refractivity contribution in [3.63, 3.8) is 0 Å². The highest BCUT2D eigenvalue weighted by atomic mass is 16.6. The molecule has 1 aliphatic heterocycles. The third-order valence-corrected chi connectivity index (χ3v) is 4.48. The first-order valence-electron chi connectivity index (χ1n) is 9.17. The molecule has 6 nitrogen and oxygen atoms in total. The summed E-state index contributed by atoms with van der Waals surface area (Å²) in [4.78, 5) is 16.8. The normalized spacial score (nSPS) is 13.5. The van der Waals surface area contributed by atoms with Gasteiger partial charge < -0.3 is 20.1 Å². The summed E-state index contributed by atoms with van der Waals surface area (Å²) in [5, 5.41) is 6.26. The number of fused-ring (bicyclic) bond motifs is 1. The van der Waals surface area contributed by atoms with E-state index in [2.05, 4.69) is 34.7 Å². The van der Waals surface area contributed by atoms with Crippen LogP contribution in [0.25, 0.3) is 0 Å². The van der Waals surface area contributed by atoms with E-state index in [4.69, 9.17) is 9.47 Å². The van der Waals surface area contributed by atoms with Gasteiger partial charge >= 0.3 is 0 Å². The fourth-order valence-corrected chi connectivity index (χ4v) is 3.04. The van der Waals surface area contributed by atoms with Gasteiger partial charge in [0.1, 0.15) is 18.9 Å². The van der Waals surface area contributed by atoms with Crippen molar-refractivity contribution in [3.05, 3.63) is 78.1 Å². The summed E-state index contributed by atoms with van der Waals surface area (Å²) in [6.07, 6.45) is 1.62. The van der Waals surface area contributed by atoms with E-state index in [1.54, 1.807) is 30.5 Å². The molecule has 3 aromatic rings. The molecule has 1 aliphatic rings. The minimum atomic E-state index is -0.285. The number of carbonyl (C=O) groups is 1. The number of anilines is 2. The average molecular weight is 375 g/mol. The van der Waals surface area contributed by atoms with Crippen LogP contribution in [0.3, 0.4) is 0 Å². The lowest BCUT2D eigenvalue weighted by Gasteiger charge is -2.19. The summed E-state index contributed by atoms with van der Waals surface area (Å²) in [7, 11) is 0. The van der Waals surface area contributed by atoms with Crippen LogP contribution in [0.5, 0.6) is 11.5 Å². The second kappa shape index (κ2) is 8.00. The molecule has 4 rings (SSSR count). The molecule has 2 heterocycles. The van der Waals surface area contributed by atoms with Gasteiger partial charge in [0.2, 0.25) is 0 Å². The number of pyridine rings is 1. The third kappa shape index (κ3) is 4.06. The molecule has 2 aromatic carbocycles. The van der Waals surface area contributed by atoms with Gasteiger partial charge in [0.15, 0.2) is 11.5 Å². The molecule has 6 heteroatoms. The Morgan fingerprint density at radius 1 is 0.964 bits per heavy atom. The van der Waals surface area contributed by atoms with Crippen molar-refractivity contribution in [3.8, 4) is 11.5 Å². The number of nitrogens with one attached hydrogen (secondary N) is 2. The number of hydrogen-bond acceptors (Lipinski definition) is 5. The zero-order chi connectivity index (χ0) is 19.3. The number of rotatable bonds is 5. The lowest BCUT2D eigenvalue weighted by atomic mass is 10.1. The highest BCUT2D eigenvalue weighted by Crippen LogP contribution is 2.32. The van der Waals surface area contributed by atoms with Gasteiger partial charge in [0, 0.05) is 29.7 Å². The predicted octanol–water partition coefficient (Wildman–Crippen LogP) is 4.28. The standard InChI is InChI=1S/C22H21N3O3/c1-15(16-5-3-2-4-6-16)24-18-9-10-23-19(13-18)22(26)25-17-7-8-20-21(14-17)28-12-11-27-20/h2-10,13-15H,11-12H2,1H3,(H,23,24)(H,25,26). The van der Waals surface area contributed by atoms with Gasteiger partial charge in [-0.05, 0) is 36.8 Å². The van der Waals surface area contributed by atoms with Gasteiger partial charge in [-0.25, -0.2) is 0 Å². The zero-order valence-corrected chi connectivity index (χ0v) is 15.5. The van der Waals surface area contributed by atoms with Crippen LogP contribution in [-0.2, 0) is 0 Å². The third-order valence-electron chi connectivity index (χ3n) is 4.48. The summed E-state index contributed by atoms with van der Waals surface area (Å²) >= 11 is 0. The molecule has 1 atom stereocenters. The molecule has 0 spiro atoms. The van der Waals surface area contributed by atoms with Crippen molar-refractivity contribution < 1.29 is 14.3 Å². The fraction of sp³-hybridized carbons (Fsp3) is 0.182. The highest BCUT2D eigenvalue weighted by molar-refractivity contribution is 6.03. The first-order chi connectivity index (χ1) is 13.7.